The molecule has 1 aromatic rings. The summed E-state index contributed by atoms with van der Waals surface area (Å²) < 4.78 is 19.1. The molecule has 1 rings (SSSR count). The molecule has 0 radical (unpaired) electrons. The van der Waals surface area contributed by atoms with Gasteiger partial charge in [-0.25, -0.2) is 9.38 Å². The van der Waals surface area contributed by atoms with E-state index in [0.717, 1.165) is 12.5 Å². The molecular weight excluding hydrogens is 396 g/mol. The van der Waals surface area contributed by atoms with E-state index in [4.69, 9.17) is 4.74 Å². The van der Waals surface area contributed by atoms with E-state index < -0.39 is 0 Å². The summed E-state index contributed by atoms with van der Waals surface area (Å²) in [5, 5.41) is 6.48. The molecule has 6 heteroatoms. The van der Waals surface area contributed by atoms with Crippen molar-refractivity contribution >= 4 is 29.9 Å². The van der Waals surface area contributed by atoms with Gasteiger partial charge in [0.1, 0.15) is 6.10 Å². The van der Waals surface area contributed by atoms with E-state index in [1.165, 1.54) is 6.07 Å². The number of para-hydroxylation sites is 1. The van der Waals surface area contributed by atoms with Gasteiger partial charge in [0.25, 0.3) is 0 Å². The minimum absolute atomic E-state index is 0. The Morgan fingerprint density at radius 2 is 1.95 bits per heavy atom. The molecule has 0 saturated carbocycles. The van der Waals surface area contributed by atoms with Gasteiger partial charge in [0.05, 0.1) is 6.54 Å². The Hall–Kier alpha value is -1.05. The summed E-state index contributed by atoms with van der Waals surface area (Å²) in [5.41, 5.74) is -0.0728. The topological polar surface area (TPSA) is 45.7 Å². The Morgan fingerprint density at radius 1 is 1.32 bits per heavy atom. The van der Waals surface area contributed by atoms with Gasteiger partial charge < -0.3 is 15.4 Å². The molecule has 0 saturated heterocycles. The van der Waals surface area contributed by atoms with Crippen molar-refractivity contribution in [1.29, 1.82) is 0 Å². The van der Waals surface area contributed by atoms with Gasteiger partial charge in [0.15, 0.2) is 17.5 Å². The number of benzene rings is 1. The summed E-state index contributed by atoms with van der Waals surface area (Å²) in [6, 6.07) is 6.39. The van der Waals surface area contributed by atoms with Crippen LogP contribution >= 0.6 is 24.0 Å². The van der Waals surface area contributed by atoms with Gasteiger partial charge >= 0.3 is 0 Å². The van der Waals surface area contributed by atoms with Crippen LogP contribution in [0.1, 0.15) is 34.6 Å². The SMILES string of the molecule is CCNC(=NCC(C)Oc1ccccc1F)NC(C)(C)C.I. The second-order valence-electron chi connectivity index (χ2n) is 5.95. The van der Waals surface area contributed by atoms with Crippen LogP contribution in [-0.2, 0) is 0 Å². The van der Waals surface area contributed by atoms with Gasteiger partial charge in [-0.05, 0) is 46.8 Å². The standard InChI is InChI=1S/C16H26FN3O.HI/c1-6-18-15(20-16(3,4)5)19-11-12(2)21-14-10-8-7-9-13(14)17;/h7-10,12H,6,11H2,1-5H3,(H2,18,19,20);1H. The first kappa shape index (κ1) is 20.9. The van der Waals surface area contributed by atoms with E-state index in [-0.39, 0.29) is 47.2 Å². The number of nitrogens with zero attached hydrogens (tertiary/aromatic N) is 1. The van der Waals surface area contributed by atoms with Crippen molar-refractivity contribution in [3.8, 4) is 5.75 Å². The van der Waals surface area contributed by atoms with Gasteiger partial charge in [0.2, 0.25) is 0 Å². The maximum atomic E-state index is 13.5. The van der Waals surface area contributed by atoms with Gasteiger partial charge in [-0.15, -0.1) is 24.0 Å². The summed E-state index contributed by atoms with van der Waals surface area (Å²) >= 11 is 0. The van der Waals surface area contributed by atoms with Gasteiger partial charge in [-0.3, -0.25) is 0 Å². The molecule has 0 fully saturated rings. The second kappa shape index (κ2) is 9.86. The van der Waals surface area contributed by atoms with Crippen molar-refractivity contribution < 1.29 is 9.13 Å². The number of hydrogen-bond donors (Lipinski definition) is 2. The molecule has 0 aliphatic carbocycles. The van der Waals surface area contributed by atoms with Crippen LogP contribution in [0.3, 0.4) is 0 Å². The Balaban J connectivity index is 0.00000441. The van der Waals surface area contributed by atoms with Crippen LogP contribution in [0.2, 0.25) is 0 Å². The van der Waals surface area contributed by atoms with E-state index in [2.05, 4.69) is 36.4 Å². The molecule has 0 spiro atoms. The Morgan fingerprint density at radius 3 is 2.50 bits per heavy atom. The lowest BCUT2D eigenvalue weighted by molar-refractivity contribution is 0.219. The zero-order chi connectivity index (χ0) is 15.9. The summed E-state index contributed by atoms with van der Waals surface area (Å²) in [6.45, 7) is 11.3. The molecule has 0 aliphatic heterocycles. The first-order valence-electron chi connectivity index (χ1n) is 7.29. The predicted octanol–water partition coefficient (Wildman–Crippen LogP) is 3.56. The first-order valence-corrected chi connectivity index (χ1v) is 7.29. The summed E-state index contributed by atoms with van der Waals surface area (Å²) in [7, 11) is 0. The number of rotatable bonds is 5. The Kier molecular flexibility index (Phi) is 9.39. The quantitative estimate of drug-likeness (QED) is 0.433. The highest BCUT2D eigenvalue weighted by Gasteiger charge is 2.13. The van der Waals surface area contributed by atoms with Crippen LogP contribution in [0.15, 0.2) is 29.3 Å². The number of ether oxygens (including phenoxy) is 1. The van der Waals surface area contributed by atoms with Crippen molar-refractivity contribution in [2.75, 3.05) is 13.1 Å². The van der Waals surface area contributed by atoms with Crippen LogP contribution in [0.4, 0.5) is 4.39 Å². The highest BCUT2D eigenvalue weighted by Crippen LogP contribution is 2.16. The lowest BCUT2D eigenvalue weighted by Crippen LogP contribution is -2.47. The van der Waals surface area contributed by atoms with Crippen molar-refractivity contribution in [2.45, 2.75) is 46.3 Å². The zero-order valence-electron chi connectivity index (χ0n) is 13.9. The van der Waals surface area contributed by atoms with Crippen molar-refractivity contribution in [3.63, 3.8) is 0 Å². The number of hydrogen-bond acceptors (Lipinski definition) is 2. The van der Waals surface area contributed by atoms with E-state index in [1.54, 1.807) is 18.2 Å². The molecule has 1 atom stereocenters. The number of nitrogens with one attached hydrogen (secondary N) is 2. The molecule has 0 aliphatic rings. The molecule has 0 bridgehead atoms. The number of halogens is 2. The monoisotopic (exact) mass is 423 g/mol. The lowest BCUT2D eigenvalue weighted by Gasteiger charge is -2.24. The third-order valence-electron chi connectivity index (χ3n) is 2.51. The van der Waals surface area contributed by atoms with Crippen LogP contribution < -0.4 is 15.4 Å². The predicted molar refractivity (Wildman–Crippen MR) is 101 cm³/mol. The minimum atomic E-state index is -0.354. The van der Waals surface area contributed by atoms with Crippen LogP contribution in [0.5, 0.6) is 5.75 Å². The van der Waals surface area contributed by atoms with E-state index in [9.17, 15) is 4.39 Å². The van der Waals surface area contributed by atoms with E-state index >= 15 is 0 Å². The third-order valence-corrected chi connectivity index (χ3v) is 2.51. The number of guanidine groups is 1. The third kappa shape index (κ3) is 8.41. The minimum Gasteiger partial charge on any atom is -0.486 e. The summed E-state index contributed by atoms with van der Waals surface area (Å²) in [5.74, 6) is 0.635. The molecule has 4 nitrogen and oxygen atoms in total. The molecule has 2 N–H and O–H groups in total. The number of aliphatic imine (C=N–C) groups is 1. The Bertz CT molecular complexity index is 475. The fourth-order valence-electron chi connectivity index (χ4n) is 1.68. The van der Waals surface area contributed by atoms with Crippen molar-refractivity contribution in [2.24, 2.45) is 4.99 Å². The van der Waals surface area contributed by atoms with Crippen molar-refractivity contribution in [3.05, 3.63) is 30.1 Å². The first-order chi connectivity index (χ1) is 9.81. The zero-order valence-corrected chi connectivity index (χ0v) is 16.3. The maximum absolute atomic E-state index is 13.5. The van der Waals surface area contributed by atoms with E-state index in [0.29, 0.717) is 6.54 Å². The molecule has 0 amide bonds. The van der Waals surface area contributed by atoms with Crippen LogP contribution in [0, 0.1) is 5.82 Å². The molecule has 126 valence electrons. The fraction of sp³-hybridized carbons (Fsp3) is 0.562. The summed E-state index contributed by atoms with van der Waals surface area (Å²) in [4.78, 5) is 4.47. The largest absolute Gasteiger partial charge is 0.486 e. The maximum Gasteiger partial charge on any atom is 0.191 e. The average molecular weight is 423 g/mol. The highest BCUT2D eigenvalue weighted by atomic mass is 127. The second-order valence-corrected chi connectivity index (χ2v) is 5.95. The fourth-order valence-corrected chi connectivity index (χ4v) is 1.68. The molecule has 22 heavy (non-hydrogen) atoms. The summed E-state index contributed by atoms with van der Waals surface area (Å²) in [6.07, 6.45) is -0.211. The molecule has 0 aromatic heterocycles. The van der Waals surface area contributed by atoms with Gasteiger partial charge in [0, 0.05) is 12.1 Å². The van der Waals surface area contributed by atoms with Crippen LogP contribution in [0.25, 0.3) is 0 Å². The van der Waals surface area contributed by atoms with Gasteiger partial charge in [-0.2, -0.15) is 0 Å². The Labute approximate surface area is 149 Å². The highest BCUT2D eigenvalue weighted by molar-refractivity contribution is 14.0. The smallest absolute Gasteiger partial charge is 0.191 e. The molecule has 1 unspecified atom stereocenters. The molecular formula is C16H27FIN3O. The lowest BCUT2D eigenvalue weighted by atomic mass is 10.1. The normalized spacial score (nSPS) is 13.1. The molecule has 1 aromatic carbocycles. The average Bonchev–Trinajstić information content (AvgIpc) is 2.37. The van der Waals surface area contributed by atoms with Gasteiger partial charge in [-0.1, -0.05) is 12.1 Å². The molecule has 0 heterocycles. The van der Waals surface area contributed by atoms with Crippen molar-refractivity contribution in [1.82, 2.24) is 10.6 Å². The van der Waals surface area contributed by atoms with E-state index in [1.807, 2.05) is 13.8 Å². The van der Waals surface area contributed by atoms with Crippen LogP contribution in [-0.4, -0.2) is 30.7 Å².